The van der Waals surface area contributed by atoms with Gasteiger partial charge in [0.05, 0.1) is 5.75 Å². The molecule has 2 N–H and O–H groups in total. The van der Waals surface area contributed by atoms with Crippen LogP contribution < -0.4 is 10.6 Å². The first-order valence-corrected chi connectivity index (χ1v) is 11.7. The first-order valence-electron chi connectivity index (χ1n) is 10.8. The molecule has 1 aromatic heterocycles. The standard InChI is InChI=1S/C22H32N6O2S/c1-16(2)14-28-20(8-7-19(23)29)24-25-22(28)31-15-21(30)27-11-9-26(10-12-27)18-6-4-5-17(3)13-18/h4-6,13,16H,7-12,14-15H2,1-3H3,(H2,23,29). The second-order valence-corrected chi connectivity index (χ2v) is 9.31. The number of primary amides is 1. The van der Waals surface area contributed by atoms with E-state index in [1.807, 2.05) is 9.47 Å². The molecule has 2 amide bonds. The summed E-state index contributed by atoms with van der Waals surface area (Å²) in [6, 6.07) is 8.48. The summed E-state index contributed by atoms with van der Waals surface area (Å²) >= 11 is 1.41. The minimum atomic E-state index is -0.353. The highest BCUT2D eigenvalue weighted by molar-refractivity contribution is 7.99. The summed E-state index contributed by atoms with van der Waals surface area (Å²) in [5, 5.41) is 9.23. The summed E-state index contributed by atoms with van der Waals surface area (Å²) in [6.45, 7) is 10.2. The Morgan fingerprint density at radius 3 is 2.55 bits per heavy atom. The molecule has 0 atom stereocenters. The number of hydrogen-bond acceptors (Lipinski definition) is 6. The van der Waals surface area contributed by atoms with Crippen molar-refractivity contribution in [3.05, 3.63) is 35.7 Å². The third-order valence-electron chi connectivity index (χ3n) is 5.26. The zero-order valence-electron chi connectivity index (χ0n) is 18.6. The number of aromatic nitrogens is 3. The van der Waals surface area contributed by atoms with Gasteiger partial charge in [-0.1, -0.05) is 37.7 Å². The lowest BCUT2D eigenvalue weighted by atomic mass is 10.2. The van der Waals surface area contributed by atoms with Gasteiger partial charge >= 0.3 is 0 Å². The number of carbonyl (C=O) groups excluding carboxylic acids is 2. The maximum atomic E-state index is 12.8. The normalized spacial score (nSPS) is 14.3. The Balaban J connectivity index is 1.55. The summed E-state index contributed by atoms with van der Waals surface area (Å²) in [5.41, 5.74) is 7.74. The van der Waals surface area contributed by atoms with E-state index in [-0.39, 0.29) is 18.2 Å². The van der Waals surface area contributed by atoms with E-state index in [1.54, 1.807) is 0 Å². The van der Waals surface area contributed by atoms with Crippen LogP contribution in [0, 0.1) is 12.8 Å². The van der Waals surface area contributed by atoms with Crippen LogP contribution in [-0.2, 0) is 22.6 Å². The molecule has 0 bridgehead atoms. The quantitative estimate of drug-likeness (QED) is 0.595. The van der Waals surface area contributed by atoms with Crippen molar-refractivity contribution in [3.8, 4) is 0 Å². The maximum absolute atomic E-state index is 12.8. The Bertz CT molecular complexity index is 905. The first-order chi connectivity index (χ1) is 14.8. The van der Waals surface area contributed by atoms with Crippen LogP contribution in [0.15, 0.2) is 29.4 Å². The average molecular weight is 445 g/mol. The summed E-state index contributed by atoms with van der Waals surface area (Å²) in [4.78, 5) is 28.2. The molecule has 1 aliphatic rings. The largest absolute Gasteiger partial charge is 0.370 e. The van der Waals surface area contributed by atoms with Gasteiger partial charge in [0.1, 0.15) is 5.82 Å². The Labute approximate surface area is 188 Å². The van der Waals surface area contributed by atoms with E-state index in [2.05, 4.69) is 60.1 Å². The van der Waals surface area contributed by atoms with Gasteiger partial charge in [0, 0.05) is 51.3 Å². The predicted octanol–water partition coefficient (Wildman–Crippen LogP) is 2.10. The number of carbonyl (C=O) groups is 2. The van der Waals surface area contributed by atoms with Crippen LogP contribution in [0.2, 0.25) is 0 Å². The van der Waals surface area contributed by atoms with Gasteiger partial charge < -0.3 is 20.1 Å². The van der Waals surface area contributed by atoms with E-state index >= 15 is 0 Å². The summed E-state index contributed by atoms with van der Waals surface area (Å²) in [7, 11) is 0. The van der Waals surface area contributed by atoms with Crippen molar-refractivity contribution in [2.24, 2.45) is 11.7 Å². The minimum Gasteiger partial charge on any atom is -0.370 e. The molecule has 1 saturated heterocycles. The maximum Gasteiger partial charge on any atom is 0.233 e. The summed E-state index contributed by atoms with van der Waals surface area (Å²) < 4.78 is 2.02. The van der Waals surface area contributed by atoms with E-state index in [0.29, 0.717) is 18.1 Å². The van der Waals surface area contributed by atoms with Crippen LogP contribution in [0.25, 0.3) is 0 Å². The first kappa shape index (κ1) is 23.1. The minimum absolute atomic E-state index is 0.117. The average Bonchev–Trinajstić information content (AvgIpc) is 3.11. The molecular formula is C22H32N6O2S. The molecule has 31 heavy (non-hydrogen) atoms. The van der Waals surface area contributed by atoms with E-state index in [1.165, 1.54) is 23.0 Å². The number of rotatable bonds is 9. The Morgan fingerprint density at radius 2 is 1.90 bits per heavy atom. The molecule has 3 rings (SSSR count). The smallest absolute Gasteiger partial charge is 0.233 e. The zero-order valence-corrected chi connectivity index (χ0v) is 19.4. The van der Waals surface area contributed by atoms with E-state index in [0.717, 1.165) is 43.7 Å². The highest BCUT2D eigenvalue weighted by atomic mass is 32.2. The molecule has 1 aromatic carbocycles. The summed E-state index contributed by atoms with van der Waals surface area (Å²) in [5.74, 6) is 1.23. The molecule has 168 valence electrons. The summed E-state index contributed by atoms with van der Waals surface area (Å²) in [6.07, 6.45) is 0.704. The van der Waals surface area contributed by atoms with Gasteiger partial charge in [0.15, 0.2) is 5.16 Å². The van der Waals surface area contributed by atoms with E-state index < -0.39 is 0 Å². The highest BCUT2D eigenvalue weighted by Crippen LogP contribution is 2.22. The van der Waals surface area contributed by atoms with Gasteiger partial charge in [0.2, 0.25) is 11.8 Å². The highest BCUT2D eigenvalue weighted by Gasteiger charge is 2.23. The Morgan fingerprint density at radius 1 is 1.16 bits per heavy atom. The topological polar surface area (TPSA) is 97.3 Å². The number of nitrogens with zero attached hydrogens (tertiary/aromatic N) is 5. The number of hydrogen-bond donors (Lipinski definition) is 1. The fourth-order valence-corrected chi connectivity index (χ4v) is 4.52. The molecule has 0 radical (unpaired) electrons. The fraction of sp³-hybridized carbons (Fsp3) is 0.545. The predicted molar refractivity (Wildman–Crippen MR) is 123 cm³/mol. The number of nitrogens with two attached hydrogens (primary N) is 1. The molecule has 0 aliphatic carbocycles. The zero-order chi connectivity index (χ0) is 22.4. The molecule has 0 saturated carbocycles. The number of amides is 2. The lowest BCUT2D eigenvalue weighted by Crippen LogP contribution is -2.49. The van der Waals surface area contributed by atoms with E-state index in [4.69, 9.17) is 5.73 Å². The SMILES string of the molecule is Cc1cccc(N2CCN(C(=O)CSc3nnc(CCC(N)=O)n3CC(C)C)CC2)c1. The van der Waals surface area contributed by atoms with Crippen molar-refractivity contribution in [2.45, 2.75) is 45.3 Å². The molecule has 1 fully saturated rings. The third kappa shape index (κ3) is 6.46. The van der Waals surface area contributed by atoms with Crippen molar-refractivity contribution >= 4 is 29.3 Å². The van der Waals surface area contributed by atoms with Crippen LogP contribution >= 0.6 is 11.8 Å². The molecule has 1 aliphatic heterocycles. The second-order valence-electron chi connectivity index (χ2n) is 8.37. The van der Waals surface area contributed by atoms with Crippen molar-refractivity contribution < 1.29 is 9.59 Å². The van der Waals surface area contributed by atoms with Gasteiger partial charge in [-0.15, -0.1) is 10.2 Å². The van der Waals surface area contributed by atoms with Crippen LogP contribution in [0.5, 0.6) is 0 Å². The van der Waals surface area contributed by atoms with Gasteiger partial charge in [0.25, 0.3) is 0 Å². The number of piperazine rings is 1. The van der Waals surface area contributed by atoms with Gasteiger partial charge in [-0.3, -0.25) is 9.59 Å². The second kappa shape index (κ2) is 10.7. The van der Waals surface area contributed by atoms with Gasteiger partial charge in [-0.2, -0.15) is 0 Å². The number of thioether (sulfide) groups is 1. The molecule has 0 spiro atoms. The molecule has 8 nitrogen and oxygen atoms in total. The lowest BCUT2D eigenvalue weighted by Gasteiger charge is -2.36. The molecule has 0 unspecified atom stereocenters. The van der Waals surface area contributed by atoms with Crippen molar-refractivity contribution in [3.63, 3.8) is 0 Å². The van der Waals surface area contributed by atoms with Crippen molar-refractivity contribution in [1.82, 2.24) is 19.7 Å². The fourth-order valence-electron chi connectivity index (χ4n) is 3.65. The van der Waals surface area contributed by atoms with Crippen LogP contribution in [-0.4, -0.2) is 63.4 Å². The molecule has 2 aromatic rings. The van der Waals surface area contributed by atoms with Gasteiger partial charge in [-0.05, 0) is 30.5 Å². The molecule has 2 heterocycles. The van der Waals surface area contributed by atoms with Crippen LogP contribution in [0.3, 0.4) is 0 Å². The van der Waals surface area contributed by atoms with Crippen LogP contribution in [0.4, 0.5) is 5.69 Å². The number of benzene rings is 1. The monoisotopic (exact) mass is 444 g/mol. The lowest BCUT2D eigenvalue weighted by molar-refractivity contribution is -0.128. The van der Waals surface area contributed by atoms with E-state index in [9.17, 15) is 9.59 Å². The van der Waals surface area contributed by atoms with Crippen molar-refractivity contribution in [1.29, 1.82) is 0 Å². The van der Waals surface area contributed by atoms with Crippen molar-refractivity contribution in [2.75, 3.05) is 36.8 Å². The van der Waals surface area contributed by atoms with Gasteiger partial charge in [-0.25, -0.2) is 0 Å². The molecule has 9 heteroatoms. The Kier molecular flexibility index (Phi) is 7.95. The number of aryl methyl sites for hydroxylation is 2. The van der Waals surface area contributed by atoms with Crippen LogP contribution in [0.1, 0.15) is 31.7 Å². The molecular weight excluding hydrogens is 412 g/mol. The Hall–Kier alpha value is -2.55. The number of anilines is 1. The third-order valence-corrected chi connectivity index (χ3v) is 6.21.